The van der Waals surface area contributed by atoms with Gasteiger partial charge < -0.3 is 35.6 Å². The Hall–Kier alpha value is -4.24. The molecule has 0 aliphatic carbocycles. The molecule has 3 fully saturated rings. The number of hydrogen-bond donors (Lipinski definition) is 3. The van der Waals surface area contributed by atoms with Gasteiger partial charge >= 0.3 is 24.3 Å². The molecule has 0 radical (unpaired) electrons. The van der Waals surface area contributed by atoms with Gasteiger partial charge in [-0.05, 0) is 80.8 Å². The van der Waals surface area contributed by atoms with E-state index in [1.54, 1.807) is 9.80 Å². The summed E-state index contributed by atoms with van der Waals surface area (Å²) >= 11 is 6.10. The summed E-state index contributed by atoms with van der Waals surface area (Å²) in [5.41, 5.74) is 5.73. The first-order valence-electron chi connectivity index (χ1n) is 17.8. The van der Waals surface area contributed by atoms with E-state index in [0.29, 0.717) is 64.7 Å². The lowest BCUT2D eigenvalue weighted by molar-refractivity contribution is -0.144. The van der Waals surface area contributed by atoms with Crippen molar-refractivity contribution in [3.8, 4) is 0 Å². The van der Waals surface area contributed by atoms with E-state index >= 15 is 0 Å². The number of fused-ring (bicyclic) bond motifs is 1. The zero-order chi connectivity index (χ0) is 37.2. The van der Waals surface area contributed by atoms with E-state index in [0.717, 1.165) is 30.3 Å². The molecule has 0 aromatic heterocycles. The molecular formula is C36H44ClF3N6O6. The van der Waals surface area contributed by atoms with Crippen molar-refractivity contribution in [1.82, 2.24) is 19.6 Å². The summed E-state index contributed by atoms with van der Waals surface area (Å²) in [5.74, 6) is -1.79. The van der Waals surface area contributed by atoms with Crippen molar-refractivity contribution in [2.45, 2.75) is 75.7 Å². The molecule has 1 unspecified atom stereocenters. The maximum Gasteiger partial charge on any atom is 0.418 e. The Balaban J connectivity index is 1.12. The fourth-order valence-electron chi connectivity index (χ4n) is 7.91. The van der Waals surface area contributed by atoms with Crippen LogP contribution >= 0.6 is 11.6 Å². The van der Waals surface area contributed by atoms with Gasteiger partial charge in [0.15, 0.2) is 6.10 Å². The van der Waals surface area contributed by atoms with Crippen LogP contribution in [-0.4, -0.2) is 113 Å². The van der Waals surface area contributed by atoms with Crippen molar-refractivity contribution in [2.24, 2.45) is 5.92 Å². The molecular weight excluding hydrogens is 705 g/mol. The number of benzene rings is 2. The van der Waals surface area contributed by atoms with E-state index in [9.17, 15) is 37.5 Å². The molecule has 16 heteroatoms. The SMILES string of the molecule is Nc1c(Cl)cc(C[C@@H](OC(=O)N2CCC(N3CCc4ccccc4NC3=O)CC2)C(=O)N2CCC(N3CCCC(C(=O)O)C3)CC2)cc1C(F)(F)F. The van der Waals surface area contributed by atoms with Crippen LogP contribution < -0.4 is 11.1 Å². The number of nitrogens with zero attached hydrogens (tertiary/aromatic N) is 4. The van der Waals surface area contributed by atoms with Crippen LogP contribution in [0.2, 0.25) is 5.02 Å². The summed E-state index contributed by atoms with van der Waals surface area (Å²) in [5, 5.41) is 12.2. The number of hydrogen-bond acceptors (Lipinski definition) is 7. The third-order valence-corrected chi connectivity index (χ3v) is 11.1. The summed E-state index contributed by atoms with van der Waals surface area (Å²) in [7, 11) is 0. The average molecular weight is 749 g/mol. The van der Waals surface area contributed by atoms with Gasteiger partial charge in [-0.25, -0.2) is 9.59 Å². The molecule has 52 heavy (non-hydrogen) atoms. The van der Waals surface area contributed by atoms with Crippen molar-refractivity contribution in [2.75, 3.05) is 56.9 Å². The van der Waals surface area contributed by atoms with Crippen molar-refractivity contribution in [1.29, 1.82) is 0 Å². The number of nitrogens with one attached hydrogen (secondary N) is 1. The number of carboxylic acid groups (broad SMARTS) is 1. The van der Waals surface area contributed by atoms with Gasteiger partial charge in [-0.3, -0.25) is 14.5 Å². The van der Waals surface area contributed by atoms with Crippen molar-refractivity contribution in [3.63, 3.8) is 0 Å². The van der Waals surface area contributed by atoms with Gasteiger partial charge in [-0.1, -0.05) is 29.8 Å². The number of alkyl halides is 3. The van der Waals surface area contributed by atoms with Crippen LogP contribution in [-0.2, 0) is 33.3 Å². The maximum atomic E-state index is 14.0. The fourth-order valence-corrected chi connectivity index (χ4v) is 8.15. The third kappa shape index (κ3) is 8.52. The fraction of sp³-hybridized carbons (Fsp3) is 0.556. The topological polar surface area (TPSA) is 149 Å². The normalized spacial score (nSPS) is 21.6. The quantitative estimate of drug-likeness (QED) is 0.322. The Morgan fingerprint density at radius 2 is 1.63 bits per heavy atom. The summed E-state index contributed by atoms with van der Waals surface area (Å²) < 4.78 is 47.3. The molecule has 2 aromatic carbocycles. The average Bonchev–Trinajstić information content (AvgIpc) is 3.30. The number of likely N-dealkylation sites (tertiary alicyclic amines) is 3. The predicted molar refractivity (Wildman–Crippen MR) is 187 cm³/mol. The number of anilines is 2. The highest BCUT2D eigenvalue weighted by atomic mass is 35.5. The largest absolute Gasteiger partial charge is 0.481 e. The number of para-hydroxylation sites is 1. The predicted octanol–water partition coefficient (Wildman–Crippen LogP) is 5.33. The number of amides is 4. The highest BCUT2D eigenvalue weighted by molar-refractivity contribution is 6.33. The number of carbonyl (C=O) groups excluding carboxylic acids is 3. The number of ether oxygens (including phenoxy) is 1. The zero-order valence-corrected chi connectivity index (χ0v) is 29.5. The Bertz CT molecular complexity index is 1660. The molecule has 12 nitrogen and oxygen atoms in total. The lowest BCUT2D eigenvalue weighted by Crippen LogP contribution is -2.53. The molecule has 282 valence electrons. The number of rotatable bonds is 7. The van der Waals surface area contributed by atoms with Gasteiger partial charge in [0.2, 0.25) is 0 Å². The van der Waals surface area contributed by atoms with Gasteiger partial charge in [-0.2, -0.15) is 13.2 Å². The van der Waals surface area contributed by atoms with E-state index in [1.807, 2.05) is 24.3 Å². The van der Waals surface area contributed by atoms with E-state index in [4.69, 9.17) is 22.1 Å². The van der Waals surface area contributed by atoms with Crippen LogP contribution in [0.25, 0.3) is 0 Å². The van der Waals surface area contributed by atoms with E-state index in [1.165, 1.54) is 11.0 Å². The third-order valence-electron chi connectivity index (χ3n) is 10.8. The van der Waals surface area contributed by atoms with Crippen molar-refractivity contribution < 1.29 is 42.2 Å². The van der Waals surface area contributed by atoms with Crippen molar-refractivity contribution >= 4 is 47.0 Å². The van der Waals surface area contributed by atoms with E-state index in [-0.39, 0.29) is 48.2 Å². The molecule has 4 aliphatic heterocycles. The van der Waals surface area contributed by atoms with Crippen LogP contribution in [0.15, 0.2) is 36.4 Å². The second kappa shape index (κ2) is 15.8. The number of carboxylic acids is 1. The number of piperidine rings is 3. The van der Waals surface area contributed by atoms with Crippen molar-refractivity contribution in [3.05, 3.63) is 58.1 Å². The minimum atomic E-state index is -4.80. The first-order chi connectivity index (χ1) is 24.8. The molecule has 4 aliphatic rings. The Morgan fingerprint density at radius 1 is 0.962 bits per heavy atom. The van der Waals surface area contributed by atoms with Crippen LogP contribution in [0.1, 0.15) is 55.2 Å². The van der Waals surface area contributed by atoms with Crippen LogP contribution in [0.4, 0.5) is 34.1 Å². The lowest BCUT2D eigenvalue weighted by Gasteiger charge is -2.42. The highest BCUT2D eigenvalue weighted by Crippen LogP contribution is 2.38. The second-order valence-electron chi connectivity index (χ2n) is 14.1. The van der Waals surface area contributed by atoms with Gasteiger partial charge in [0, 0.05) is 63.5 Å². The molecule has 4 amide bonds. The zero-order valence-electron chi connectivity index (χ0n) is 28.7. The van der Waals surface area contributed by atoms with Crippen LogP contribution in [0, 0.1) is 5.92 Å². The van der Waals surface area contributed by atoms with Crippen LogP contribution in [0.5, 0.6) is 0 Å². The summed E-state index contributed by atoms with van der Waals surface area (Å²) in [4.78, 5) is 59.2. The first kappa shape index (κ1) is 37.5. The molecule has 2 atom stereocenters. The maximum absolute atomic E-state index is 14.0. The van der Waals surface area contributed by atoms with Gasteiger partial charge in [0.25, 0.3) is 5.91 Å². The Labute approximate surface area is 305 Å². The number of nitrogens with two attached hydrogens (primary N) is 1. The lowest BCUT2D eigenvalue weighted by atomic mass is 9.93. The van der Waals surface area contributed by atoms with E-state index in [2.05, 4.69) is 10.2 Å². The minimum Gasteiger partial charge on any atom is -0.481 e. The standard InChI is InChI=1S/C36H44ClF3N6O6/c37-28-19-22(18-27(31(28)41)36(38,39)40)20-30(32(47)43-13-8-25(9-14-43)45-12-3-5-24(21-45)33(48)49)52-35(51)44-15-10-26(11-16-44)46-17-7-23-4-1-2-6-29(23)42-34(46)50/h1-2,4,6,18-19,24-26,30H,3,5,7-17,20-21,41H2,(H,42,50)(H,48,49)/t24?,30-/m1/s1. The van der Waals surface area contributed by atoms with Crippen LogP contribution in [0.3, 0.4) is 0 Å². The molecule has 4 N–H and O–H groups in total. The number of aliphatic carboxylic acids is 1. The molecule has 6 rings (SSSR count). The minimum absolute atomic E-state index is 0.0347. The molecule has 0 spiro atoms. The van der Waals surface area contributed by atoms with Gasteiger partial charge in [-0.15, -0.1) is 0 Å². The summed E-state index contributed by atoms with van der Waals surface area (Å²) in [6.45, 7) is 2.88. The van der Waals surface area contributed by atoms with E-state index < -0.39 is 47.4 Å². The number of nitrogen functional groups attached to an aromatic ring is 1. The number of halogens is 4. The molecule has 2 aromatic rings. The molecule has 3 saturated heterocycles. The number of carbonyl (C=O) groups is 4. The summed E-state index contributed by atoms with van der Waals surface area (Å²) in [6.07, 6.45) is -3.17. The molecule has 0 bridgehead atoms. The second-order valence-corrected chi connectivity index (χ2v) is 14.5. The Kier molecular flexibility index (Phi) is 11.4. The van der Waals surface area contributed by atoms with Gasteiger partial charge in [0.1, 0.15) is 0 Å². The molecule has 0 saturated carbocycles. The smallest absolute Gasteiger partial charge is 0.418 e. The number of urea groups is 1. The molecule has 4 heterocycles. The first-order valence-corrected chi connectivity index (χ1v) is 18.2. The highest BCUT2D eigenvalue weighted by Gasteiger charge is 2.39. The Morgan fingerprint density at radius 3 is 2.33 bits per heavy atom. The van der Waals surface area contributed by atoms with Gasteiger partial charge in [0.05, 0.1) is 22.2 Å². The monoisotopic (exact) mass is 748 g/mol. The summed E-state index contributed by atoms with van der Waals surface area (Å²) in [6, 6.07) is 9.46.